The van der Waals surface area contributed by atoms with Crippen molar-refractivity contribution in [2.75, 3.05) is 12.4 Å². The Morgan fingerprint density at radius 2 is 1.84 bits per heavy atom. The summed E-state index contributed by atoms with van der Waals surface area (Å²) in [5.74, 6) is 0.491. The average Bonchev–Trinajstić information content (AvgIpc) is 2.80. The zero-order valence-electron chi connectivity index (χ0n) is 16.9. The fraction of sp³-hybridized carbons (Fsp3) is 0.0833. The zero-order valence-corrected chi connectivity index (χ0v) is 20.0. The molecule has 1 amide bonds. The number of carbonyl (C=O) groups excluding carboxylic acids is 1. The summed E-state index contributed by atoms with van der Waals surface area (Å²) in [5.41, 5.74) is 1.86. The second kappa shape index (κ2) is 11.1. The molecule has 0 saturated heterocycles. The SMILES string of the molecule is COc1ccc(/C=C(\C#N)C(=O)Nc2ccc(Br)cc2)c(OCc2ccc(Cl)c(Cl)c2)c1. The summed E-state index contributed by atoms with van der Waals surface area (Å²) in [6, 6.07) is 19.3. The summed E-state index contributed by atoms with van der Waals surface area (Å²) in [4.78, 5) is 12.6. The van der Waals surface area contributed by atoms with Crippen LogP contribution in [0.5, 0.6) is 11.5 Å². The number of rotatable bonds is 7. The molecule has 162 valence electrons. The summed E-state index contributed by atoms with van der Waals surface area (Å²) >= 11 is 15.4. The van der Waals surface area contributed by atoms with E-state index in [2.05, 4.69) is 21.2 Å². The zero-order chi connectivity index (χ0) is 23.1. The lowest BCUT2D eigenvalue weighted by Crippen LogP contribution is -2.13. The number of methoxy groups -OCH3 is 1. The molecular weight excluding hydrogens is 515 g/mol. The van der Waals surface area contributed by atoms with Gasteiger partial charge in [0.2, 0.25) is 0 Å². The monoisotopic (exact) mass is 530 g/mol. The van der Waals surface area contributed by atoms with Gasteiger partial charge < -0.3 is 14.8 Å². The molecule has 0 aliphatic carbocycles. The molecule has 0 unspecified atom stereocenters. The van der Waals surface area contributed by atoms with Crippen molar-refractivity contribution in [1.29, 1.82) is 5.26 Å². The lowest BCUT2D eigenvalue weighted by atomic mass is 10.1. The van der Waals surface area contributed by atoms with Crippen LogP contribution in [-0.2, 0) is 11.4 Å². The highest BCUT2D eigenvalue weighted by Gasteiger charge is 2.13. The first kappa shape index (κ1) is 23.7. The van der Waals surface area contributed by atoms with Crippen LogP contribution in [-0.4, -0.2) is 13.0 Å². The van der Waals surface area contributed by atoms with Crippen LogP contribution >= 0.6 is 39.1 Å². The summed E-state index contributed by atoms with van der Waals surface area (Å²) in [6.07, 6.45) is 1.47. The van der Waals surface area contributed by atoms with E-state index >= 15 is 0 Å². The van der Waals surface area contributed by atoms with Gasteiger partial charge in [0, 0.05) is 21.8 Å². The third-order valence-electron chi connectivity index (χ3n) is 4.37. The van der Waals surface area contributed by atoms with Crippen molar-refractivity contribution in [3.05, 3.63) is 91.9 Å². The Kier molecular flexibility index (Phi) is 8.18. The Hall–Kier alpha value is -2.98. The molecule has 8 heteroatoms. The number of carbonyl (C=O) groups is 1. The molecule has 0 aliphatic rings. The van der Waals surface area contributed by atoms with E-state index in [0.717, 1.165) is 10.0 Å². The standard InChI is InChI=1S/C24H17BrCl2N2O3/c1-31-20-8-3-16(23(12-20)32-14-15-2-9-21(26)22(27)10-15)11-17(13-28)24(30)29-19-6-4-18(25)5-7-19/h2-12H,14H2,1H3,(H,29,30)/b17-11+. The highest BCUT2D eigenvalue weighted by atomic mass is 79.9. The van der Waals surface area contributed by atoms with Gasteiger partial charge in [-0.2, -0.15) is 5.26 Å². The van der Waals surface area contributed by atoms with Crippen LogP contribution in [0.3, 0.4) is 0 Å². The minimum absolute atomic E-state index is 0.0718. The third-order valence-corrected chi connectivity index (χ3v) is 5.63. The molecule has 0 aliphatic heterocycles. The fourth-order valence-corrected chi connectivity index (χ4v) is 3.30. The molecule has 0 heterocycles. The number of nitrogens with one attached hydrogen (secondary N) is 1. The molecule has 3 rings (SSSR count). The van der Waals surface area contributed by atoms with Crippen LogP contribution in [0.1, 0.15) is 11.1 Å². The fourth-order valence-electron chi connectivity index (χ4n) is 2.71. The Bertz CT molecular complexity index is 1200. The van der Waals surface area contributed by atoms with Gasteiger partial charge in [-0.25, -0.2) is 0 Å². The van der Waals surface area contributed by atoms with Gasteiger partial charge in [-0.15, -0.1) is 0 Å². The number of benzene rings is 3. The summed E-state index contributed by atoms with van der Waals surface area (Å²) in [6.45, 7) is 0.206. The van der Waals surface area contributed by atoms with Crippen LogP contribution in [0.25, 0.3) is 6.08 Å². The highest BCUT2D eigenvalue weighted by molar-refractivity contribution is 9.10. The Morgan fingerprint density at radius 1 is 1.09 bits per heavy atom. The van der Waals surface area contributed by atoms with Gasteiger partial charge in [-0.3, -0.25) is 4.79 Å². The number of nitrogens with zero attached hydrogens (tertiary/aromatic N) is 1. The van der Waals surface area contributed by atoms with E-state index < -0.39 is 5.91 Å². The van der Waals surface area contributed by atoms with Crippen molar-refractivity contribution in [3.8, 4) is 17.6 Å². The van der Waals surface area contributed by atoms with E-state index in [9.17, 15) is 10.1 Å². The lowest BCUT2D eigenvalue weighted by Gasteiger charge is -2.12. The second-order valence-corrected chi connectivity index (χ2v) is 8.30. The molecular formula is C24H17BrCl2N2O3. The van der Waals surface area contributed by atoms with E-state index in [1.54, 1.807) is 67.8 Å². The van der Waals surface area contributed by atoms with E-state index in [0.29, 0.717) is 32.8 Å². The van der Waals surface area contributed by atoms with Gasteiger partial charge in [-0.05, 0) is 60.2 Å². The molecule has 0 spiro atoms. The predicted molar refractivity (Wildman–Crippen MR) is 130 cm³/mol. The number of nitriles is 1. The van der Waals surface area contributed by atoms with E-state index in [-0.39, 0.29) is 12.2 Å². The van der Waals surface area contributed by atoms with Crippen molar-refractivity contribution < 1.29 is 14.3 Å². The van der Waals surface area contributed by atoms with Gasteiger partial charge in [-0.1, -0.05) is 45.2 Å². The van der Waals surface area contributed by atoms with Crippen LogP contribution in [0, 0.1) is 11.3 Å². The summed E-state index contributed by atoms with van der Waals surface area (Å²) in [5, 5.41) is 13.1. The van der Waals surface area contributed by atoms with Crippen molar-refractivity contribution in [2.45, 2.75) is 6.61 Å². The molecule has 0 aromatic heterocycles. The first-order valence-corrected chi connectivity index (χ1v) is 10.9. The maximum absolute atomic E-state index is 12.6. The van der Waals surface area contributed by atoms with E-state index in [1.807, 2.05) is 6.07 Å². The molecule has 0 fully saturated rings. The molecule has 1 N–H and O–H groups in total. The number of hydrogen-bond donors (Lipinski definition) is 1. The minimum atomic E-state index is -0.527. The van der Waals surface area contributed by atoms with Crippen LogP contribution in [0.15, 0.2) is 70.7 Å². The van der Waals surface area contributed by atoms with Crippen molar-refractivity contribution >= 4 is 56.8 Å². The van der Waals surface area contributed by atoms with Gasteiger partial charge >= 0.3 is 0 Å². The first-order valence-electron chi connectivity index (χ1n) is 9.33. The molecule has 0 saturated carbocycles. The predicted octanol–water partition coefficient (Wildman–Crippen LogP) is 6.89. The molecule has 3 aromatic rings. The number of amides is 1. The molecule has 0 atom stereocenters. The van der Waals surface area contributed by atoms with Gasteiger partial charge in [0.25, 0.3) is 5.91 Å². The maximum atomic E-state index is 12.6. The largest absolute Gasteiger partial charge is 0.497 e. The number of halogens is 3. The van der Waals surface area contributed by atoms with Gasteiger partial charge in [0.15, 0.2) is 0 Å². The van der Waals surface area contributed by atoms with E-state index in [1.165, 1.54) is 6.08 Å². The smallest absolute Gasteiger partial charge is 0.266 e. The lowest BCUT2D eigenvalue weighted by molar-refractivity contribution is -0.112. The molecule has 0 bridgehead atoms. The van der Waals surface area contributed by atoms with Crippen molar-refractivity contribution in [1.82, 2.24) is 0 Å². The topological polar surface area (TPSA) is 71.3 Å². The summed E-state index contributed by atoms with van der Waals surface area (Å²) < 4.78 is 12.1. The minimum Gasteiger partial charge on any atom is -0.497 e. The van der Waals surface area contributed by atoms with Crippen LogP contribution < -0.4 is 14.8 Å². The maximum Gasteiger partial charge on any atom is 0.266 e. The number of hydrogen-bond acceptors (Lipinski definition) is 4. The van der Waals surface area contributed by atoms with E-state index in [4.69, 9.17) is 32.7 Å². The van der Waals surface area contributed by atoms with Crippen LogP contribution in [0.2, 0.25) is 10.0 Å². The quantitative estimate of drug-likeness (QED) is 0.266. The number of anilines is 1. The molecule has 5 nitrogen and oxygen atoms in total. The van der Waals surface area contributed by atoms with Crippen LogP contribution in [0.4, 0.5) is 5.69 Å². The van der Waals surface area contributed by atoms with Crippen molar-refractivity contribution in [2.24, 2.45) is 0 Å². The van der Waals surface area contributed by atoms with Gasteiger partial charge in [0.1, 0.15) is 29.7 Å². The second-order valence-electron chi connectivity index (χ2n) is 6.57. The normalized spacial score (nSPS) is 10.9. The molecule has 32 heavy (non-hydrogen) atoms. The Morgan fingerprint density at radius 3 is 2.50 bits per heavy atom. The molecule has 0 radical (unpaired) electrons. The highest BCUT2D eigenvalue weighted by Crippen LogP contribution is 2.29. The average molecular weight is 532 g/mol. The first-order chi connectivity index (χ1) is 15.4. The van der Waals surface area contributed by atoms with Gasteiger partial charge in [0.05, 0.1) is 17.2 Å². The number of ether oxygens (including phenoxy) is 2. The molecule has 3 aromatic carbocycles. The Labute approximate surface area is 204 Å². The summed E-state index contributed by atoms with van der Waals surface area (Å²) in [7, 11) is 1.54. The Balaban J connectivity index is 1.85. The van der Waals surface area contributed by atoms with Crippen molar-refractivity contribution in [3.63, 3.8) is 0 Å². The third kappa shape index (κ3) is 6.27.